The van der Waals surface area contributed by atoms with Crippen LogP contribution in [0.2, 0.25) is 0 Å². The van der Waals surface area contributed by atoms with Gasteiger partial charge in [-0.15, -0.1) is 0 Å². The summed E-state index contributed by atoms with van der Waals surface area (Å²) in [5, 5.41) is 35.4. The van der Waals surface area contributed by atoms with Crippen molar-refractivity contribution in [2.75, 3.05) is 0 Å². The number of allylic oxidation sites excluding steroid dienone is 1. The number of aliphatic hydroxyl groups is 1. The largest absolute Gasteiger partial charge is 0.480 e. The molecule has 3 aromatic rings. The fraction of sp³-hybridized carbons (Fsp3) is 0.100. The van der Waals surface area contributed by atoms with Crippen LogP contribution in [0.3, 0.4) is 0 Å². The number of hydrogen-bond acceptors (Lipinski definition) is 6. The molecule has 0 amide bonds. The third kappa shape index (κ3) is 2.66. The Balaban J connectivity index is 1.91. The number of benzene rings is 2. The number of nitriles is 1. The molecule has 8 nitrogen and oxygen atoms in total. The number of nitrogens with zero attached hydrogens (tertiary/aromatic N) is 4. The molecule has 0 spiro atoms. The summed E-state index contributed by atoms with van der Waals surface area (Å²) in [7, 11) is 0. The minimum Gasteiger partial charge on any atom is -0.480 e. The molecule has 8 heteroatoms. The fourth-order valence-corrected chi connectivity index (χ4v) is 3.34. The molecule has 0 unspecified atom stereocenters. The van der Waals surface area contributed by atoms with Crippen LogP contribution in [0, 0.1) is 28.4 Å². The third-order valence-electron chi connectivity index (χ3n) is 4.62. The fourth-order valence-electron chi connectivity index (χ4n) is 3.34. The van der Waals surface area contributed by atoms with Gasteiger partial charge in [-0.1, -0.05) is 30.3 Å². The maximum absolute atomic E-state index is 10.9. The number of hydrogen-bond donors (Lipinski definition) is 1. The Morgan fingerprint density at radius 3 is 2.50 bits per heavy atom. The lowest BCUT2D eigenvalue weighted by Gasteiger charge is -2.23. The highest BCUT2D eigenvalue weighted by atomic mass is 16.6. The van der Waals surface area contributed by atoms with Crippen molar-refractivity contribution in [3.05, 3.63) is 93.1 Å². The molecule has 0 bridgehead atoms. The topological polar surface area (TPSA) is 114 Å². The number of aryl methyl sites for hydroxylation is 1. The van der Waals surface area contributed by atoms with Gasteiger partial charge in [0.2, 0.25) is 5.88 Å². The van der Waals surface area contributed by atoms with E-state index < -0.39 is 16.8 Å². The molecule has 4 rings (SSSR count). The van der Waals surface area contributed by atoms with E-state index in [0.29, 0.717) is 22.7 Å². The van der Waals surface area contributed by atoms with Crippen LogP contribution in [0.25, 0.3) is 5.69 Å². The van der Waals surface area contributed by atoms with E-state index in [9.17, 15) is 20.5 Å². The first-order valence-electron chi connectivity index (χ1n) is 8.41. The molecule has 138 valence electrons. The molecule has 1 aliphatic rings. The summed E-state index contributed by atoms with van der Waals surface area (Å²) in [6, 6.07) is 17.1. The lowest BCUT2D eigenvalue weighted by molar-refractivity contribution is -0.384. The van der Waals surface area contributed by atoms with E-state index in [4.69, 9.17) is 4.74 Å². The molecular weight excluding hydrogens is 360 g/mol. The lowest BCUT2D eigenvalue weighted by atomic mass is 9.84. The van der Waals surface area contributed by atoms with Crippen molar-refractivity contribution in [1.29, 1.82) is 5.26 Å². The molecule has 1 aliphatic heterocycles. The van der Waals surface area contributed by atoms with Gasteiger partial charge < -0.3 is 9.84 Å². The van der Waals surface area contributed by atoms with E-state index in [1.807, 2.05) is 36.4 Å². The number of non-ortho nitro benzene ring substituents is 1. The van der Waals surface area contributed by atoms with Gasteiger partial charge in [-0.3, -0.25) is 10.1 Å². The van der Waals surface area contributed by atoms with Crippen molar-refractivity contribution in [2.24, 2.45) is 0 Å². The van der Waals surface area contributed by atoms with Crippen molar-refractivity contribution >= 4 is 5.69 Å². The van der Waals surface area contributed by atoms with Gasteiger partial charge in [-0.05, 0) is 24.6 Å². The Bertz CT molecular complexity index is 1140. The Kier molecular flexibility index (Phi) is 4.05. The average Bonchev–Trinajstić information content (AvgIpc) is 3.03. The van der Waals surface area contributed by atoms with E-state index in [-0.39, 0.29) is 11.3 Å². The molecule has 2 heterocycles. The zero-order chi connectivity index (χ0) is 19.8. The molecule has 0 saturated carbocycles. The van der Waals surface area contributed by atoms with Crippen molar-refractivity contribution in [2.45, 2.75) is 12.8 Å². The summed E-state index contributed by atoms with van der Waals surface area (Å²) in [6.07, 6.45) is 0. The number of nitro groups is 1. The molecule has 1 atom stereocenters. The second-order valence-corrected chi connectivity index (χ2v) is 6.27. The minimum atomic E-state index is -0.646. The molecule has 0 saturated heterocycles. The van der Waals surface area contributed by atoms with Crippen molar-refractivity contribution < 1.29 is 14.8 Å². The van der Waals surface area contributed by atoms with Crippen LogP contribution in [0.4, 0.5) is 5.69 Å². The first-order chi connectivity index (χ1) is 13.5. The van der Waals surface area contributed by atoms with Crippen LogP contribution in [-0.4, -0.2) is 19.8 Å². The van der Waals surface area contributed by atoms with Gasteiger partial charge in [-0.2, -0.15) is 10.4 Å². The molecule has 2 aromatic carbocycles. The van der Waals surface area contributed by atoms with Crippen LogP contribution < -0.4 is 4.74 Å². The summed E-state index contributed by atoms with van der Waals surface area (Å²) in [5.74, 6) is -0.842. The van der Waals surface area contributed by atoms with Gasteiger partial charge in [0.05, 0.1) is 27.8 Å². The van der Waals surface area contributed by atoms with Gasteiger partial charge in [0.25, 0.3) is 11.6 Å². The Morgan fingerprint density at radius 1 is 1.21 bits per heavy atom. The summed E-state index contributed by atoms with van der Waals surface area (Å²) in [6.45, 7) is 1.79. The van der Waals surface area contributed by atoms with E-state index in [1.165, 1.54) is 12.1 Å². The molecular formula is C20H14N4O4. The smallest absolute Gasteiger partial charge is 0.298 e. The van der Waals surface area contributed by atoms with Crippen molar-refractivity contribution in [3.63, 3.8) is 0 Å². The van der Waals surface area contributed by atoms with E-state index >= 15 is 0 Å². The van der Waals surface area contributed by atoms with Gasteiger partial charge >= 0.3 is 0 Å². The summed E-state index contributed by atoms with van der Waals surface area (Å²) >= 11 is 0. The summed E-state index contributed by atoms with van der Waals surface area (Å²) < 4.78 is 7.12. The number of aromatic nitrogens is 2. The van der Waals surface area contributed by atoms with Crippen LogP contribution in [0.5, 0.6) is 5.88 Å². The lowest BCUT2D eigenvalue weighted by Crippen LogP contribution is -2.17. The standard InChI is InChI=1S/C20H14N4O4/c1-12-17-18(13-7-9-15(10-8-13)24(26)27)16(11-21)20(25)28-19(17)23(22-12)14-5-3-2-4-6-14/h2-10,18,25H,1H3/t18-/m0/s1. The second-order valence-electron chi connectivity index (χ2n) is 6.27. The zero-order valence-electron chi connectivity index (χ0n) is 14.7. The normalized spacial score (nSPS) is 15.5. The number of fused-ring (bicyclic) bond motifs is 1. The first kappa shape index (κ1) is 17.3. The third-order valence-corrected chi connectivity index (χ3v) is 4.62. The van der Waals surface area contributed by atoms with Gasteiger partial charge in [0, 0.05) is 12.1 Å². The highest BCUT2D eigenvalue weighted by Gasteiger charge is 2.37. The predicted octanol–water partition coefficient (Wildman–Crippen LogP) is 3.91. The van der Waals surface area contributed by atoms with E-state index in [0.717, 1.165) is 5.69 Å². The van der Waals surface area contributed by atoms with Crippen molar-refractivity contribution in [3.8, 4) is 17.6 Å². The molecule has 0 radical (unpaired) electrons. The SMILES string of the molecule is Cc1nn(-c2ccccc2)c2c1[C@@H](c1ccc([N+](=O)[O-])cc1)C(C#N)=C(O)O2. The average molecular weight is 374 g/mol. The summed E-state index contributed by atoms with van der Waals surface area (Å²) in [4.78, 5) is 10.5. The number of para-hydroxylation sites is 1. The quantitative estimate of drug-likeness (QED) is 0.549. The molecule has 0 aliphatic carbocycles. The van der Waals surface area contributed by atoms with Crippen LogP contribution in [0.15, 0.2) is 66.1 Å². The second kappa shape index (κ2) is 6.55. The highest BCUT2D eigenvalue weighted by Crippen LogP contribution is 2.45. The number of nitro benzene ring substituents is 1. The monoisotopic (exact) mass is 374 g/mol. The van der Waals surface area contributed by atoms with Gasteiger partial charge in [-0.25, -0.2) is 4.68 Å². The van der Waals surface area contributed by atoms with Gasteiger partial charge in [0.15, 0.2) is 0 Å². The maximum atomic E-state index is 10.9. The summed E-state index contributed by atoms with van der Waals surface area (Å²) in [5.41, 5.74) is 2.59. The predicted molar refractivity (Wildman–Crippen MR) is 99.1 cm³/mol. The number of aliphatic hydroxyl groups excluding tert-OH is 1. The Hall–Kier alpha value is -4.12. The molecule has 1 aromatic heterocycles. The number of rotatable bonds is 3. The van der Waals surface area contributed by atoms with Crippen molar-refractivity contribution in [1.82, 2.24) is 9.78 Å². The van der Waals surface area contributed by atoms with E-state index in [2.05, 4.69) is 5.10 Å². The van der Waals surface area contributed by atoms with Crippen LogP contribution in [-0.2, 0) is 0 Å². The number of ether oxygens (including phenoxy) is 1. The minimum absolute atomic E-state index is 0.0251. The van der Waals surface area contributed by atoms with E-state index in [1.54, 1.807) is 23.7 Å². The highest BCUT2D eigenvalue weighted by molar-refractivity contribution is 5.57. The Morgan fingerprint density at radius 2 is 1.89 bits per heavy atom. The van der Waals surface area contributed by atoms with Crippen LogP contribution >= 0.6 is 0 Å². The van der Waals surface area contributed by atoms with Crippen LogP contribution in [0.1, 0.15) is 22.7 Å². The molecule has 28 heavy (non-hydrogen) atoms. The molecule has 1 N–H and O–H groups in total. The first-order valence-corrected chi connectivity index (χ1v) is 8.41. The van der Waals surface area contributed by atoms with Gasteiger partial charge in [0.1, 0.15) is 11.6 Å². The Labute approximate surface area is 159 Å². The zero-order valence-corrected chi connectivity index (χ0v) is 14.7. The maximum Gasteiger partial charge on any atom is 0.298 e. The molecule has 0 fully saturated rings.